The molecule has 0 unspecified atom stereocenters. The molecule has 0 radical (unpaired) electrons. The minimum absolute atomic E-state index is 0.444. The van der Waals surface area contributed by atoms with Crippen molar-refractivity contribution >= 4 is 51.3 Å². The van der Waals surface area contributed by atoms with Crippen LogP contribution in [0, 0.1) is 0 Å². The first kappa shape index (κ1) is 28.4. The van der Waals surface area contributed by atoms with E-state index >= 15 is 0 Å². The molecule has 7 N–H and O–H groups in total. The van der Waals surface area contributed by atoms with Crippen LogP contribution < -0.4 is 16.4 Å². The fourth-order valence-electron chi connectivity index (χ4n) is 2.29. The summed E-state index contributed by atoms with van der Waals surface area (Å²) in [4.78, 5) is 32.5. The third-order valence-electron chi connectivity index (χ3n) is 3.64. The summed E-state index contributed by atoms with van der Waals surface area (Å²) in [6.45, 7) is 0. The number of nitrogen functional groups attached to an aromatic ring is 1. The molecule has 0 saturated carbocycles. The fraction of sp³-hybridized carbons (Fsp3) is 0. The lowest BCUT2D eigenvalue weighted by atomic mass is 10.1. The van der Waals surface area contributed by atoms with Gasteiger partial charge in [-0.05, 0) is 36.4 Å². The molecule has 3 aromatic carbocycles. The average Bonchev–Trinajstić information content (AvgIpc) is 3.09. The first-order valence-corrected chi connectivity index (χ1v) is 10.9. The number of nitrogens with zero attached hydrogens (tertiary/aromatic N) is 1. The van der Waals surface area contributed by atoms with Crippen molar-refractivity contribution in [3.63, 3.8) is 0 Å². The number of carbonyl (C=O) groups excluding carboxylic acids is 3. The van der Waals surface area contributed by atoms with Crippen LogP contribution in [0.15, 0.2) is 90.1 Å². The predicted molar refractivity (Wildman–Crippen MR) is 130 cm³/mol. The van der Waals surface area contributed by atoms with Crippen LogP contribution in [-0.4, -0.2) is 46.5 Å². The molecule has 1 heterocycles. The molecule has 0 atom stereocenters. The number of nitrogens with one attached hydrogen (secondary N) is 2. The van der Waals surface area contributed by atoms with Crippen molar-refractivity contribution in [3.8, 4) is 0 Å². The second kappa shape index (κ2) is 14.5. The molecule has 35 heavy (non-hydrogen) atoms. The van der Waals surface area contributed by atoms with E-state index in [0.717, 1.165) is 11.9 Å². The molecule has 0 aromatic heterocycles. The molecule has 12 nitrogen and oxygen atoms in total. The zero-order valence-corrected chi connectivity index (χ0v) is 18.8. The van der Waals surface area contributed by atoms with Gasteiger partial charge in [0.05, 0.1) is 11.3 Å². The van der Waals surface area contributed by atoms with Crippen LogP contribution in [-0.2, 0) is 20.0 Å². The molecule has 13 heteroatoms. The van der Waals surface area contributed by atoms with Crippen LogP contribution in [0.5, 0.6) is 0 Å². The summed E-state index contributed by atoms with van der Waals surface area (Å²) >= 11 is 0. The van der Waals surface area contributed by atoms with Crippen molar-refractivity contribution in [1.29, 1.82) is 0 Å². The molecule has 2 amide bonds. The predicted octanol–water partition coefficient (Wildman–Crippen LogP) is 2.52. The molecule has 0 fully saturated rings. The molecule has 0 saturated heterocycles. The molecular weight excluding hydrogens is 480 g/mol. The Hall–Kier alpha value is -4.59. The number of fused-ring (bicyclic) bond motifs is 1. The van der Waals surface area contributed by atoms with E-state index in [1.807, 2.05) is 36.4 Å². The van der Waals surface area contributed by atoms with Gasteiger partial charge in [-0.15, -0.1) is 0 Å². The highest BCUT2D eigenvalue weighted by Crippen LogP contribution is 2.21. The number of benzene rings is 3. The molecule has 1 aliphatic heterocycles. The molecule has 0 bridgehead atoms. The Morgan fingerprint density at radius 2 is 1.37 bits per heavy atom. The Kier molecular flexibility index (Phi) is 11.8. The third-order valence-corrected chi connectivity index (χ3v) is 3.64. The number of rotatable bonds is 2. The lowest BCUT2D eigenvalue weighted by Gasteiger charge is -1.98. The fourth-order valence-corrected chi connectivity index (χ4v) is 2.29. The van der Waals surface area contributed by atoms with Crippen LogP contribution in [0.4, 0.5) is 17.1 Å². The van der Waals surface area contributed by atoms with E-state index in [-0.39, 0.29) is 0 Å². The Bertz CT molecular complexity index is 1240. The van der Waals surface area contributed by atoms with Gasteiger partial charge in [0, 0.05) is 11.4 Å². The van der Waals surface area contributed by atoms with Crippen LogP contribution in [0.1, 0.15) is 10.4 Å². The number of Topliss-reactive ketones (excluding diaryl/α,β-unsaturated/α-hetero) is 1. The van der Waals surface area contributed by atoms with E-state index in [1.165, 1.54) is 0 Å². The summed E-state index contributed by atoms with van der Waals surface area (Å²) in [5.74, 6) is -1.43. The van der Waals surface area contributed by atoms with Crippen molar-refractivity contribution in [1.82, 2.24) is 0 Å². The standard InChI is InChI=1S/C8H8N2O2.C8H5NO2.C6H7N.H2O4S/c11-8(6-9-12)10-7-4-2-1-3-5-7;10-7-5-3-1-2-4-6(5)9-8(7)11;7-6-4-2-1-3-5-6;1-5(2,3)4/h1-6,12H,(H,10,11);1-4H,(H,9,10,11);1-5H,7H2;(H2,1,2,3,4)/b9-6-;;;. The van der Waals surface area contributed by atoms with Gasteiger partial charge >= 0.3 is 10.4 Å². The van der Waals surface area contributed by atoms with Gasteiger partial charge in [0.15, 0.2) is 0 Å². The van der Waals surface area contributed by atoms with E-state index < -0.39 is 28.0 Å². The van der Waals surface area contributed by atoms with Crippen molar-refractivity contribution in [2.75, 3.05) is 16.4 Å². The molecule has 184 valence electrons. The van der Waals surface area contributed by atoms with Crippen LogP contribution in [0.2, 0.25) is 0 Å². The Labute approximate surface area is 200 Å². The quantitative estimate of drug-likeness (QED) is 0.0758. The first-order valence-electron chi connectivity index (χ1n) is 9.50. The highest BCUT2D eigenvalue weighted by Gasteiger charge is 2.26. The maximum Gasteiger partial charge on any atom is 0.394 e. The number of hydrogen-bond acceptors (Lipinski definition) is 8. The number of anilines is 3. The van der Waals surface area contributed by atoms with Crippen LogP contribution in [0.3, 0.4) is 0 Å². The second-order valence-corrected chi connectivity index (χ2v) is 7.18. The van der Waals surface area contributed by atoms with E-state index in [0.29, 0.717) is 16.9 Å². The zero-order valence-electron chi connectivity index (χ0n) is 18.0. The van der Waals surface area contributed by atoms with Gasteiger partial charge in [0.1, 0.15) is 6.21 Å². The number of amides is 2. The van der Waals surface area contributed by atoms with Crippen LogP contribution >= 0.6 is 0 Å². The first-order chi connectivity index (χ1) is 16.5. The summed E-state index contributed by atoms with van der Waals surface area (Å²) < 4.78 is 31.6. The summed E-state index contributed by atoms with van der Waals surface area (Å²) in [6.07, 6.45) is 0.799. The van der Waals surface area contributed by atoms with Crippen molar-refractivity contribution < 1.29 is 37.1 Å². The zero-order chi connectivity index (χ0) is 26.3. The largest absolute Gasteiger partial charge is 0.411 e. The highest BCUT2D eigenvalue weighted by molar-refractivity contribution is 7.79. The van der Waals surface area contributed by atoms with E-state index in [9.17, 15) is 14.4 Å². The number of nitrogens with two attached hydrogens (primary N) is 1. The van der Waals surface area contributed by atoms with Crippen LogP contribution in [0.25, 0.3) is 0 Å². The summed E-state index contributed by atoms with van der Waals surface area (Å²) in [5.41, 5.74) is 7.93. The number of hydrogen-bond donors (Lipinski definition) is 6. The number of ketones is 1. The maximum atomic E-state index is 11.0. The Morgan fingerprint density at radius 3 is 1.83 bits per heavy atom. The molecule has 1 aliphatic rings. The average molecular weight is 503 g/mol. The maximum absolute atomic E-state index is 11.0. The third kappa shape index (κ3) is 12.9. The lowest BCUT2D eigenvalue weighted by molar-refractivity contribution is -0.112. The van der Waals surface area contributed by atoms with Crippen molar-refractivity contribution in [2.45, 2.75) is 0 Å². The summed E-state index contributed by atoms with van der Waals surface area (Å²) in [7, 11) is -4.67. The minimum atomic E-state index is -4.67. The molecule has 0 aliphatic carbocycles. The molecule has 4 rings (SSSR count). The lowest BCUT2D eigenvalue weighted by Crippen LogP contribution is -2.12. The smallest absolute Gasteiger partial charge is 0.394 e. The number of para-hydroxylation sites is 3. The normalized spacial score (nSPS) is 11.4. The van der Waals surface area contributed by atoms with Crippen molar-refractivity contribution in [2.24, 2.45) is 5.16 Å². The van der Waals surface area contributed by atoms with Gasteiger partial charge in [0.25, 0.3) is 17.6 Å². The van der Waals surface area contributed by atoms with Gasteiger partial charge in [0.2, 0.25) is 0 Å². The molecule has 3 aromatic rings. The molecule has 0 spiro atoms. The number of oxime groups is 1. The number of carbonyl (C=O) groups is 3. The Balaban J connectivity index is 0.000000246. The van der Waals surface area contributed by atoms with Gasteiger partial charge in [-0.2, -0.15) is 8.42 Å². The van der Waals surface area contributed by atoms with Gasteiger partial charge in [-0.3, -0.25) is 23.5 Å². The Morgan fingerprint density at radius 1 is 0.886 bits per heavy atom. The summed E-state index contributed by atoms with van der Waals surface area (Å²) in [6, 6.07) is 25.3. The van der Waals surface area contributed by atoms with Gasteiger partial charge < -0.3 is 21.6 Å². The van der Waals surface area contributed by atoms with Gasteiger partial charge in [-0.1, -0.05) is 53.7 Å². The second-order valence-electron chi connectivity index (χ2n) is 6.29. The molecular formula is C22H22N4O8S. The highest BCUT2D eigenvalue weighted by atomic mass is 32.3. The van der Waals surface area contributed by atoms with Gasteiger partial charge in [-0.25, -0.2) is 0 Å². The van der Waals surface area contributed by atoms with E-state index in [2.05, 4.69) is 15.8 Å². The summed E-state index contributed by atoms with van der Waals surface area (Å²) in [5, 5.41) is 15.6. The van der Waals surface area contributed by atoms with E-state index in [4.69, 9.17) is 28.5 Å². The topological polar surface area (TPSA) is 208 Å². The van der Waals surface area contributed by atoms with Crippen molar-refractivity contribution in [3.05, 3.63) is 90.5 Å². The van der Waals surface area contributed by atoms with E-state index in [1.54, 1.807) is 48.5 Å². The SMILES string of the molecule is Nc1ccccc1.O=C(/C=N\O)Nc1ccccc1.O=C1Nc2ccccc2C1=O.O=S(=O)(O)O. The minimum Gasteiger partial charge on any atom is -0.411 e. The monoisotopic (exact) mass is 502 g/mol.